The number of carbonyl (C=O) groups is 1. The molecule has 0 bridgehead atoms. The zero-order valence-electron chi connectivity index (χ0n) is 17.2. The second kappa shape index (κ2) is 9.76. The van der Waals surface area contributed by atoms with Crippen LogP contribution in [0.4, 0.5) is 0 Å². The van der Waals surface area contributed by atoms with Gasteiger partial charge in [-0.3, -0.25) is 4.79 Å². The summed E-state index contributed by atoms with van der Waals surface area (Å²) in [4.78, 5) is 12.4. The second-order valence-corrected chi connectivity index (χ2v) is 8.14. The lowest BCUT2D eigenvalue weighted by Crippen LogP contribution is -2.32. The van der Waals surface area contributed by atoms with Crippen molar-refractivity contribution in [2.24, 2.45) is 0 Å². The summed E-state index contributed by atoms with van der Waals surface area (Å²) in [6.07, 6.45) is 2.33. The van der Waals surface area contributed by atoms with Crippen LogP contribution < -0.4 is 0 Å². The van der Waals surface area contributed by atoms with Gasteiger partial charge in [-0.15, -0.1) is 11.6 Å². The van der Waals surface area contributed by atoms with Crippen LogP contribution in [0.15, 0.2) is 121 Å². The Kier molecular flexibility index (Phi) is 6.64. The third-order valence-electron chi connectivity index (χ3n) is 5.63. The monoisotopic (exact) mass is 423 g/mol. The highest BCUT2D eigenvalue weighted by Gasteiger charge is 2.39. The van der Waals surface area contributed by atoms with Crippen molar-refractivity contribution in [1.82, 2.24) is 0 Å². The molecule has 0 fully saturated rings. The molecule has 2 heteroatoms. The van der Waals surface area contributed by atoms with Crippen molar-refractivity contribution in [3.8, 4) is 0 Å². The van der Waals surface area contributed by atoms with Crippen molar-refractivity contribution in [1.29, 1.82) is 0 Å². The molecule has 0 amide bonds. The molecule has 0 N–H and O–H groups in total. The summed E-state index contributed by atoms with van der Waals surface area (Å²) in [5.74, 6) is -0.0257. The molecule has 0 unspecified atom stereocenters. The summed E-state index contributed by atoms with van der Waals surface area (Å²) < 4.78 is 0. The molecule has 0 heterocycles. The summed E-state index contributed by atoms with van der Waals surface area (Å²) in [7, 11) is 0. The smallest absolute Gasteiger partial charge is 0.166 e. The molecule has 153 valence electrons. The first-order chi connectivity index (χ1) is 15.2. The molecule has 0 saturated heterocycles. The Morgan fingerprint density at radius 2 is 1.00 bits per heavy atom. The first kappa shape index (κ1) is 21.1. The molecule has 0 aliphatic heterocycles. The van der Waals surface area contributed by atoms with Crippen LogP contribution in [0.25, 0.3) is 0 Å². The van der Waals surface area contributed by atoms with Gasteiger partial charge in [-0.25, -0.2) is 0 Å². The summed E-state index contributed by atoms with van der Waals surface area (Å²) in [5.41, 5.74) is 3.91. The molecule has 0 aliphatic rings. The second-order valence-electron chi connectivity index (χ2n) is 7.57. The summed E-state index contributed by atoms with van der Waals surface area (Å²) in [5, 5.41) is 0. The van der Waals surface area contributed by atoms with Crippen LogP contribution in [0.1, 0.15) is 34.6 Å². The van der Waals surface area contributed by atoms with Crippen LogP contribution in [0.2, 0.25) is 0 Å². The van der Waals surface area contributed by atoms with E-state index in [1.54, 1.807) is 6.42 Å². The van der Waals surface area contributed by atoms with Crippen molar-refractivity contribution in [2.75, 3.05) is 0 Å². The van der Waals surface area contributed by atoms with Gasteiger partial charge in [0.25, 0.3) is 0 Å². The van der Waals surface area contributed by atoms with Crippen molar-refractivity contribution in [3.63, 3.8) is 0 Å². The van der Waals surface area contributed by atoms with E-state index in [-0.39, 0.29) is 11.7 Å². The van der Waals surface area contributed by atoms with Gasteiger partial charge in [-0.2, -0.15) is 0 Å². The average Bonchev–Trinajstić information content (AvgIpc) is 2.86. The lowest BCUT2D eigenvalue weighted by Gasteiger charge is -2.28. The quantitative estimate of drug-likeness (QED) is 0.274. The molecular formula is C29H24ClO. The first-order valence-corrected chi connectivity index (χ1v) is 10.8. The van der Waals surface area contributed by atoms with Gasteiger partial charge in [0.15, 0.2) is 10.7 Å². The van der Waals surface area contributed by atoms with Crippen LogP contribution in [0.5, 0.6) is 0 Å². The fraction of sp³-hybridized carbons (Fsp3) is 0.103. The van der Waals surface area contributed by atoms with E-state index in [1.165, 1.54) is 11.1 Å². The van der Waals surface area contributed by atoms with Crippen LogP contribution in [-0.2, 0) is 9.67 Å². The van der Waals surface area contributed by atoms with E-state index in [2.05, 4.69) is 24.3 Å². The molecular weight excluding hydrogens is 400 g/mol. The fourth-order valence-electron chi connectivity index (χ4n) is 3.99. The topological polar surface area (TPSA) is 17.1 Å². The fourth-order valence-corrected chi connectivity index (χ4v) is 4.32. The SMILES string of the molecule is O=C([CH]CC(c1ccccc1)c1ccccc1)C(Cl)(c1ccccc1)c1ccccc1. The van der Waals surface area contributed by atoms with Crippen LogP contribution in [-0.4, -0.2) is 5.78 Å². The first-order valence-electron chi connectivity index (χ1n) is 10.5. The molecule has 0 saturated carbocycles. The lowest BCUT2D eigenvalue weighted by molar-refractivity contribution is -0.117. The van der Waals surface area contributed by atoms with E-state index in [9.17, 15) is 4.79 Å². The largest absolute Gasteiger partial charge is 0.297 e. The van der Waals surface area contributed by atoms with Crippen molar-refractivity contribution >= 4 is 17.4 Å². The summed E-state index contributed by atoms with van der Waals surface area (Å²) in [6.45, 7) is 0. The molecule has 0 atom stereocenters. The number of hydrogen-bond acceptors (Lipinski definition) is 1. The van der Waals surface area contributed by atoms with Gasteiger partial charge in [-0.05, 0) is 28.7 Å². The minimum atomic E-state index is -1.25. The number of ketones is 1. The molecule has 0 aliphatic carbocycles. The zero-order chi connectivity index (χ0) is 21.5. The highest BCUT2D eigenvalue weighted by molar-refractivity contribution is 6.38. The van der Waals surface area contributed by atoms with E-state index in [1.807, 2.05) is 97.1 Å². The summed E-state index contributed by atoms with van der Waals surface area (Å²) >= 11 is 7.14. The van der Waals surface area contributed by atoms with Crippen LogP contribution >= 0.6 is 11.6 Å². The zero-order valence-corrected chi connectivity index (χ0v) is 18.0. The number of alkyl halides is 1. The minimum absolute atomic E-state index is 0.0822. The molecule has 4 aromatic rings. The van der Waals surface area contributed by atoms with Crippen molar-refractivity contribution in [2.45, 2.75) is 17.2 Å². The van der Waals surface area contributed by atoms with Gasteiger partial charge in [0, 0.05) is 12.3 Å². The maximum absolute atomic E-state index is 13.6. The number of Topliss-reactive ketones (excluding diaryl/α,β-unsaturated/α-hetero) is 1. The summed E-state index contributed by atoms with van der Waals surface area (Å²) in [6, 6.07) is 39.8. The van der Waals surface area contributed by atoms with Gasteiger partial charge in [-0.1, -0.05) is 121 Å². The Hall–Kier alpha value is -3.16. The number of carbonyl (C=O) groups excluding carboxylic acids is 1. The molecule has 4 rings (SSSR count). The number of rotatable bonds is 8. The van der Waals surface area contributed by atoms with Gasteiger partial charge in [0.2, 0.25) is 0 Å². The van der Waals surface area contributed by atoms with E-state index < -0.39 is 4.87 Å². The normalized spacial score (nSPS) is 11.4. The maximum Gasteiger partial charge on any atom is 0.166 e. The maximum atomic E-state index is 13.6. The standard InChI is InChI=1S/C29H24ClO/c30-29(25-17-9-3-10-18-25,26-19-11-4-12-20-26)28(31)22-21-27(23-13-5-1-6-14-23)24-15-7-2-8-16-24/h1-20,22,27H,21H2. The molecule has 1 radical (unpaired) electrons. The molecule has 0 aromatic heterocycles. The predicted molar refractivity (Wildman–Crippen MR) is 128 cm³/mol. The Morgan fingerprint density at radius 3 is 1.39 bits per heavy atom. The Labute approximate surface area is 189 Å². The van der Waals surface area contributed by atoms with Gasteiger partial charge < -0.3 is 0 Å². The number of halogens is 1. The molecule has 1 nitrogen and oxygen atoms in total. The van der Waals surface area contributed by atoms with Gasteiger partial charge in [0.05, 0.1) is 0 Å². The molecule has 4 aromatic carbocycles. The Morgan fingerprint density at radius 1 is 0.645 bits per heavy atom. The van der Waals surface area contributed by atoms with Crippen LogP contribution in [0, 0.1) is 6.42 Å². The number of benzene rings is 4. The van der Waals surface area contributed by atoms with Gasteiger partial charge in [0.1, 0.15) is 0 Å². The highest BCUT2D eigenvalue weighted by Crippen LogP contribution is 2.40. The third kappa shape index (κ3) is 4.62. The van der Waals surface area contributed by atoms with E-state index in [0.717, 1.165) is 11.1 Å². The Balaban J connectivity index is 1.65. The Bertz CT molecular complexity index is 1010. The molecule has 31 heavy (non-hydrogen) atoms. The highest BCUT2D eigenvalue weighted by atomic mass is 35.5. The van der Waals surface area contributed by atoms with E-state index in [4.69, 9.17) is 11.6 Å². The van der Waals surface area contributed by atoms with E-state index in [0.29, 0.717) is 6.42 Å². The predicted octanol–water partition coefficient (Wildman–Crippen LogP) is 7.16. The van der Waals surface area contributed by atoms with E-state index >= 15 is 0 Å². The van der Waals surface area contributed by atoms with Gasteiger partial charge >= 0.3 is 0 Å². The lowest BCUT2D eigenvalue weighted by atomic mass is 9.81. The number of hydrogen-bond donors (Lipinski definition) is 0. The van der Waals surface area contributed by atoms with Crippen molar-refractivity contribution < 1.29 is 4.79 Å². The van der Waals surface area contributed by atoms with Crippen molar-refractivity contribution in [3.05, 3.63) is 150 Å². The third-order valence-corrected chi connectivity index (χ3v) is 6.25. The molecule has 0 spiro atoms. The minimum Gasteiger partial charge on any atom is -0.297 e. The van der Waals surface area contributed by atoms with Crippen LogP contribution in [0.3, 0.4) is 0 Å². The average molecular weight is 424 g/mol.